The molecular formula is C25H20F4N2O. The highest BCUT2D eigenvalue weighted by molar-refractivity contribution is 5.99. The molecule has 3 nitrogen and oxygen atoms in total. The summed E-state index contributed by atoms with van der Waals surface area (Å²) in [5.74, 6) is -2.75. The van der Waals surface area contributed by atoms with Crippen molar-refractivity contribution in [3.8, 4) is 16.9 Å². The number of hydrogen-bond donors (Lipinski definition) is 1. The van der Waals surface area contributed by atoms with Gasteiger partial charge in [0.05, 0.1) is 0 Å². The van der Waals surface area contributed by atoms with Crippen LogP contribution in [0.25, 0.3) is 11.1 Å². The molecule has 1 N–H and O–H groups in total. The summed E-state index contributed by atoms with van der Waals surface area (Å²) in [5, 5.41) is 2.63. The van der Waals surface area contributed by atoms with Crippen molar-refractivity contribution in [1.82, 2.24) is 0 Å². The predicted molar refractivity (Wildman–Crippen MR) is 117 cm³/mol. The van der Waals surface area contributed by atoms with Crippen molar-refractivity contribution in [2.75, 3.05) is 5.32 Å². The third-order valence-corrected chi connectivity index (χ3v) is 5.14. The van der Waals surface area contributed by atoms with Gasteiger partial charge in [-0.25, -0.2) is 22.6 Å². The van der Waals surface area contributed by atoms with Crippen LogP contribution in [0.5, 0.6) is 5.75 Å². The van der Waals surface area contributed by atoms with Crippen LogP contribution in [0.4, 0.5) is 23.2 Å². The van der Waals surface area contributed by atoms with E-state index in [-0.39, 0.29) is 29.3 Å². The molecule has 0 spiro atoms. The monoisotopic (exact) mass is 440 g/mol. The molecule has 0 radical (unpaired) electrons. The molecule has 0 aliphatic carbocycles. The number of halogens is 4. The normalized spacial score (nSPS) is 12.7. The minimum Gasteiger partial charge on any atom is -0.436 e. The van der Waals surface area contributed by atoms with Crippen molar-refractivity contribution < 1.29 is 22.3 Å². The number of nitrogens with zero attached hydrogens (tertiary/aromatic N) is 1. The predicted octanol–water partition coefficient (Wildman–Crippen LogP) is 6.92. The largest absolute Gasteiger partial charge is 0.436 e. The summed E-state index contributed by atoms with van der Waals surface area (Å²) in [6, 6.07) is 11.0. The first-order valence-electron chi connectivity index (χ1n) is 10.1. The number of anilines is 1. The Morgan fingerprint density at radius 2 is 1.78 bits per heavy atom. The molecule has 3 aromatic rings. The Morgan fingerprint density at radius 3 is 2.47 bits per heavy atom. The van der Waals surface area contributed by atoms with Crippen LogP contribution in [0.3, 0.4) is 0 Å². The highest BCUT2D eigenvalue weighted by Gasteiger charge is 2.21. The molecule has 164 valence electrons. The summed E-state index contributed by atoms with van der Waals surface area (Å²) in [6.45, 7) is 3.49. The van der Waals surface area contributed by atoms with E-state index in [4.69, 9.17) is 4.74 Å². The average molecular weight is 440 g/mol. The Kier molecular flexibility index (Phi) is 5.99. The summed E-state index contributed by atoms with van der Waals surface area (Å²) >= 11 is 0. The number of hydrogen-bond acceptors (Lipinski definition) is 3. The molecule has 1 heterocycles. The fourth-order valence-corrected chi connectivity index (χ4v) is 3.44. The highest BCUT2D eigenvalue weighted by atomic mass is 19.1. The maximum absolute atomic E-state index is 15.2. The van der Waals surface area contributed by atoms with E-state index in [1.54, 1.807) is 31.3 Å². The van der Waals surface area contributed by atoms with Crippen LogP contribution in [0.1, 0.15) is 24.5 Å². The highest BCUT2D eigenvalue weighted by Crippen LogP contribution is 2.31. The van der Waals surface area contributed by atoms with E-state index in [1.165, 1.54) is 24.3 Å². The summed E-state index contributed by atoms with van der Waals surface area (Å²) in [7, 11) is 0. The van der Waals surface area contributed by atoms with Crippen molar-refractivity contribution in [3.05, 3.63) is 94.7 Å². The van der Waals surface area contributed by atoms with Gasteiger partial charge in [0.2, 0.25) is 5.90 Å². The lowest BCUT2D eigenvalue weighted by molar-refractivity contribution is 0.480. The summed E-state index contributed by atoms with van der Waals surface area (Å²) in [5.41, 5.74) is 1.89. The first-order chi connectivity index (χ1) is 15.4. The van der Waals surface area contributed by atoms with Crippen LogP contribution >= 0.6 is 0 Å². The lowest BCUT2D eigenvalue weighted by Gasteiger charge is -2.18. The molecule has 0 saturated heterocycles. The summed E-state index contributed by atoms with van der Waals surface area (Å²) in [6.07, 6.45) is 2.29. The van der Waals surface area contributed by atoms with E-state index >= 15 is 4.39 Å². The van der Waals surface area contributed by atoms with Crippen LogP contribution in [0.2, 0.25) is 0 Å². The van der Waals surface area contributed by atoms with Gasteiger partial charge >= 0.3 is 0 Å². The van der Waals surface area contributed by atoms with Crippen LogP contribution in [0.15, 0.2) is 65.3 Å². The number of aliphatic imine (C=N–C) groups is 1. The molecule has 3 aromatic carbocycles. The fraction of sp³-hybridized carbons (Fsp3) is 0.160. The third kappa shape index (κ3) is 4.23. The zero-order chi connectivity index (χ0) is 22.8. The van der Waals surface area contributed by atoms with Gasteiger partial charge in [-0.2, -0.15) is 0 Å². The first-order valence-corrected chi connectivity index (χ1v) is 10.1. The Labute approximate surface area is 183 Å². The van der Waals surface area contributed by atoms with Crippen LogP contribution in [-0.4, -0.2) is 5.90 Å². The molecule has 0 fully saturated rings. The van der Waals surface area contributed by atoms with Crippen molar-refractivity contribution in [2.45, 2.75) is 26.8 Å². The first kappa shape index (κ1) is 21.6. The van der Waals surface area contributed by atoms with E-state index in [2.05, 4.69) is 10.3 Å². The Balaban J connectivity index is 1.59. The number of benzene rings is 3. The smallest absolute Gasteiger partial charge is 0.224 e. The van der Waals surface area contributed by atoms with Crippen LogP contribution in [-0.2, 0) is 6.54 Å². The molecule has 32 heavy (non-hydrogen) atoms. The van der Waals surface area contributed by atoms with Crippen molar-refractivity contribution >= 4 is 11.6 Å². The fourth-order valence-electron chi connectivity index (χ4n) is 3.44. The molecule has 0 atom stereocenters. The maximum Gasteiger partial charge on any atom is 0.224 e. The van der Waals surface area contributed by atoms with Gasteiger partial charge in [0, 0.05) is 29.4 Å². The van der Waals surface area contributed by atoms with Crippen LogP contribution in [0, 0.1) is 30.2 Å². The molecule has 0 aromatic heterocycles. The van der Waals surface area contributed by atoms with Gasteiger partial charge in [-0.15, -0.1) is 0 Å². The lowest BCUT2D eigenvalue weighted by Crippen LogP contribution is -2.18. The number of nitrogens with one attached hydrogen (secondary N) is 1. The van der Waals surface area contributed by atoms with Gasteiger partial charge in [-0.05, 0) is 54.8 Å². The number of ether oxygens (including phenoxy) is 1. The molecule has 7 heteroatoms. The Bertz CT molecular complexity index is 1250. The molecule has 4 rings (SSSR count). The summed E-state index contributed by atoms with van der Waals surface area (Å²) in [4.78, 5) is 3.94. The molecule has 0 bridgehead atoms. The van der Waals surface area contributed by atoms with Crippen LogP contribution < -0.4 is 10.1 Å². The Hall–Kier alpha value is -3.61. The second-order valence-electron chi connectivity index (χ2n) is 7.43. The van der Waals surface area contributed by atoms with Crippen molar-refractivity contribution in [3.63, 3.8) is 0 Å². The van der Waals surface area contributed by atoms with Gasteiger partial charge in [-0.1, -0.05) is 25.1 Å². The van der Waals surface area contributed by atoms with E-state index in [1.807, 2.05) is 6.92 Å². The second-order valence-corrected chi connectivity index (χ2v) is 7.43. The topological polar surface area (TPSA) is 33.6 Å². The standard InChI is InChI=1S/C25H20F4N2O/c1-3-15-12-31-25(15)32-21-8-7-20(27)24(23(21)29)30-13-17-9-14(2)10-19(22(17)28)16-5-4-6-18(26)11-16/h4-12,30H,3,13H2,1-2H3. The molecule has 1 aliphatic heterocycles. The molecule has 0 amide bonds. The molecule has 1 aliphatic rings. The van der Waals surface area contributed by atoms with Gasteiger partial charge < -0.3 is 10.1 Å². The minimum atomic E-state index is -0.937. The second kappa shape index (κ2) is 8.86. The van der Waals surface area contributed by atoms with E-state index in [9.17, 15) is 13.2 Å². The van der Waals surface area contributed by atoms with E-state index in [0.29, 0.717) is 12.0 Å². The molecular weight excluding hydrogens is 420 g/mol. The summed E-state index contributed by atoms with van der Waals surface area (Å²) < 4.78 is 63.5. The number of aryl methyl sites for hydroxylation is 1. The zero-order valence-corrected chi connectivity index (χ0v) is 17.5. The maximum atomic E-state index is 15.2. The van der Waals surface area contributed by atoms with Crippen molar-refractivity contribution in [2.24, 2.45) is 4.99 Å². The van der Waals surface area contributed by atoms with Crippen molar-refractivity contribution in [1.29, 1.82) is 0 Å². The quantitative estimate of drug-likeness (QED) is 0.422. The van der Waals surface area contributed by atoms with E-state index < -0.39 is 29.0 Å². The number of rotatable bonds is 6. The SMILES string of the molecule is CCC1=CN=C1Oc1ccc(F)c(NCc2cc(C)cc(-c3cccc(F)c3)c2F)c1F. The van der Waals surface area contributed by atoms with Gasteiger partial charge in [-0.3, -0.25) is 0 Å². The van der Waals surface area contributed by atoms with Gasteiger partial charge in [0.15, 0.2) is 11.6 Å². The van der Waals surface area contributed by atoms with Gasteiger partial charge in [0.1, 0.15) is 23.1 Å². The average Bonchev–Trinajstić information content (AvgIpc) is 2.74. The van der Waals surface area contributed by atoms with E-state index in [0.717, 1.165) is 17.2 Å². The lowest BCUT2D eigenvalue weighted by atomic mass is 9.99. The minimum absolute atomic E-state index is 0.183. The molecule has 0 saturated carbocycles. The Morgan fingerprint density at radius 1 is 0.969 bits per heavy atom. The molecule has 0 unspecified atom stereocenters. The van der Waals surface area contributed by atoms with Gasteiger partial charge in [0.25, 0.3) is 0 Å². The third-order valence-electron chi connectivity index (χ3n) is 5.14. The zero-order valence-electron chi connectivity index (χ0n) is 17.5.